The van der Waals surface area contributed by atoms with Gasteiger partial charge in [0.25, 0.3) is 5.91 Å². The predicted molar refractivity (Wildman–Crippen MR) is 115 cm³/mol. The number of carbonyl (C=O) groups is 2. The van der Waals surface area contributed by atoms with E-state index in [1.54, 1.807) is 34.1 Å². The fourth-order valence-corrected chi connectivity index (χ4v) is 5.53. The highest BCUT2D eigenvalue weighted by Gasteiger charge is 2.24. The number of rotatable bonds is 6. The summed E-state index contributed by atoms with van der Waals surface area (Å²) in [7, 11) is 0. The van der Waals surface area contributed by atoms with Gasteiger partial charge in [0.1, 0.15) is 0 Å². The van der Waals surface area contributed by atoms with E-state index in [2.05, 4.69) is 27.0 Å². The van der Waals surface area contributed by atoms with E-state index in [1.165, 1.54) is 16.2 Å². The molecular weight excluding hydrogens is 412 g/mol. The van der Waals surface area contributed by atoms with Crippen LogP contribution < -0.4 is 10.2 Å². The predicted octanol–water partition coefficient (Wildman–Crippen LogP) is 4.44. The van der Waals surface area contributed by atoms with E-state index in [0.29, 0.717) is 23.7 Å². The van der Waals surface area contributed by atoms with Crippen LogP contribution in [-0.2, 0) is 17.0 Å². The molecule has 1 aromatic carbocycles. The number of aromatic nitrogens is 2. The molecule has 2 amide bonds. The molecule has 0 radical (unpaired) electrons. The van der Waals surface area contributed by atoms with Crippen molar-refractivity contribution >= 4 is 57.1 Å². The van der Waals surface area contributed by atoms with E-state index in [9.17, 15) is 9.59 Å². The second-order valence-electron chi connectivity index (χ2n) is 6.19. The van der Waals surface area contributed by atoms with E-state index in [-0.39, 0.29) is 11.8 Å². The number of nitrogens with zero attached hydrogens (tertiary/aromatic N) is 3. The van der Waals surface area contributed by atoms with Crippen molar-refractivity contribution in [1.82, 2.24) is 10.2 Å². The summed E-state index contributed by atoms with van der Waals surface area (Å²) in [6.07, 6.45) is 1.25. The van der Waals surface area contributed by atoms with E-state index >= 15 is 0 Å². The van der Waals surface area contributed by atoms with Crippen LogP contribution in [0.2, 0.25) is 0 Å². The third-order valence-electron chi connectivity index (χ3n) is 4.39. The number of amides is 2. The molecule has 1 aliphatic rings. The first kappa shape index (κ1) is 19.1. The first-order valence-corrected chi connectivity index (χ1v) is 11.6. The highest BCUT2D eigenvalue weighted by atomic mass is 32.2. The van der Waals surface area contributed by atoms with Crippen molar-refractivity contribution in [3.63, 3.8) is 0 Å². The molecule has 0 aliphatic carbocycles. The summed E-state index contributed by atoms with van der Waals surface area (Å²) >= 11 is 4.69. The molecule has 3 aromatic rings. The minimum Gasteiger partial charge on any atom is -0.312 e. The zero-order chi connectivity index (χ0) is 19.5. The highest BCUT2D eigenvalue weighted by Crippen LogP contribution is 2.31. The Bertz CT molecular complexity index is 1000. The summed E-state index contributed by atoms with van der Waals surface area (Å²) in [5.74, 6) is 0.740. The molecule has 0 spiro atoms. The number of thioether (sulfide) groups is 1. The lowest BCUT2D eigenvalue weighted by atomic mass is 10.1. The lowest BCUT2D eigenvalue weighted by molar-refractivity contribution is -0.118. The van der Waals surface area contributed by atoms with Gasteiger partial charge in [0, 0.05) is 34.8 Å². The SMILES string of the molecule is CCC(=O)N1CCc2cc(C(=O)Nc3nnc(SCc4cccs4)s3)ccc21. The van der Waals surface area contributed by atoms with Gasteiger partial charge < -0.3 is 4.90 Å². The molecule has 9 heteroatoms. The maximum Gasteiger partial charge on any atom is 0.257 e. The van der Waals surface area contributed by atoms with Crippen molar-refractivity contribution in [2.75, 3.05) is 16.8 Å². The Hall–Kier alpha value is -2.23. The fraction of sp³-hybridized carbons (Fsp3) is 0.263. The van der Waals surface area contributed by atoms with Gasteiger partial charge in [-0.05, 0) is 41.6 Å². The second-order valence-corrected chi connectivity index (χ2v) is 9.42. The standard InChI is InChI=1S/C19H18N4O2S3/c1-2-16(24)23-8-7-12-10-13(5-6-15(12)23)17(25)20-18-21-22-19(28-18)27-11-14-4-3-9-26-14/h3-6,9-10H,2,7-8,11H2,1H3,(H,20,21,25). The van der Waals surface area contributed by atoms with Crippen LogP contribution in [0.3, 0.4) is 0 Å². The van der Waals surface area contributed by atoms with E-state index < -0.39 is 0 Å². The molecule has 6 nitrogen and oxygen atoms in total. The van der Waals surface area contributed by atoms with Crippen LogP contribution in [0.4, 0.5) is 10.8 Å². The average Bonchev–Trinajstić information content (AvgIpc) is 3.45. The Morgan fingerprint density at radius 1 is 1.29 bits per heavy atom. The molecule has 0 saturated carbocycles. The molecule has 3 heterocycles. The molecule has 1 aliphatic heterocycles. The first-order chi connectivity index (χ1) is 13.6. The van der Waals surface area contributed by atoms with E-state index in [1.807, 2.05) is 25.1 Å². The minimum absolute atomic E-state index is 0.109. The van der Waals surface area contributed by atoms with Gasteiger partial charge in [-0.3, -0.25) is 14.9 Å². The molecule has 0 fully saturated rings. The second kappa shape index (κ2) is 8.42. The smallest absolute Gasteiger partial charge is 0.257 e. The van der Waals surface area contributed by atoms with Gasteiger partial charge in [-0.15, -0.1) is 21.5 Å². The monoisotopic (exact) mass is 430 g/mol. The lowest BCUT2D eigenvalue weighted by Gasteiger charge is -2.16. The molecule has 0 atom stereocenters. The number of hydrogen-bond donors (Lipinski definition) is 1. The Morgan fingerprint density at radius 2 is 2.18 bits per heavy atom. The van der Waals surface area contributed by atoms with E-state index in [4.69, 9.17) is 0 Å². The summed E-state index contributed by atoms with van der Waals surface area (Å²) in [5.41, 5.74) is 2.50. The van der Waals surface area contributed by atoms with Gasteiger partial charge in [-0.25, -0.2) is 0 Å². The summed E-state index contributed by atoms with van der Waals surface area (Å²) in [6.45, 7) is 2.53. The van der Waals surface area contributed by atoms with Crippen LogP contribution in [0.5, 0.6) is 0 Å². The van der Waals surface area contributed by atoms with Crippen molar-refractivity contribution in [3.8, 4) is 0 Å². The summed E-state index contributed by atoms with van der Waals surface area (Å²) in [5, 5.41) is 13.6. The van der Waals surface area contributed by atoms with Crippen LogP contribution >= 0.6 is 34.4 Å². The molecule has 1 N–H and O–H groups in total. The number of thiophene rings is 1. The number of hydrogen-bond acceptors (Lipinski definition) is 7. The van der Waals surface area contributed by atoms with Gasteiger partial charge >= 0.3 is 0 Å². The van der Waals surface area contributed by atoms with Crippen LogP contribution in [-0.4, -0.2) is 28.6 Å². The summed E-state index contributed by atoms with van der Waals surface area (Å²) in [6, 6.07) is 9.59. The lowest BCUT2D eigenvalue weighted by Crippen LogP contribution is -2.27. The number of fused-ring (bicyclic) bond motifs is 1. The quantitative estimate of drug-likeness (QED) is 0.462. The highest BCUT2D eigenvalue weighted by molar-refractivity contribution is 8.00. The number of nitrogens with one attached hydrogen (secondary N) is 1. The first-order valence-electron chi connectivity index (χ1n) is 8.87. The van der Waals surface area contributed by atoms with Crippen molar-refractivity contribution in [3.05, 3.63) is 51.7 Å². The van der Waals surface area contributed by atoms with E-state index in [0.717, 1.165) is 27.8 Å². The largest absolute Gasteiger partial charge is 0.312 e. The number of benzene rings is 1. The minimum atomic E-state index is -0.214. The molecular formula is C19H18N4O2S3. The maximum atomic E-state index is 12.6. The maximum absolute atomic E-state index is 12.6. The van der Waals surface area contributed by atoms with Crippen molar-refractivity contribution in [2.24, 2.45) is 0 Å². The zero-order valence-corrected chi connectivity index (χ0v) is 17.6. The van der Waals surface area contributed by atoms with Gasteiger partial charge in [0.2, 0.25) is 11.0 Å². The molecule has 0 saturated heterocycles. The normalized spacial score (nSPS) is 12.8. The van der Waals surface area contributed by atoms with Crippen LogP contribution in [0, 0.1) is 0 Å². The van der Waals surface area contributed by atoms with Crippen LogP contribution in [0.25, 0.3) is 0 Å². The third-order valence-corrected chi connectivity index (χ3v) is 7.47. The van der Waals surface area contributed by atoms with Crippen LogP contribution in [0.1, 0.15) is 34.1 Å². The van der Waals surface area contributed by atoms with Crippen molar-refractivity contribution in [2.45, 2.75) is 29.9 Å². The molecule has 2 aromatic heterocycles. The Kier molecular flexibility index (Phi) is 5.74. The zero-order valence-electron chi connectivity index (χ0n) is 15.2. The summed E-state index contributed by atoms with van der Waals surface area (Å²) in [4.78, 5) is 27.6. The van der Waals surface area contributed by atoms with Crippen molar-refractivity contribution in [1.29, 1.82) is 0 Å². The van der Waals surface area contributed by atoms with Gasteiger partial charge in [0.15, 0.2) is 4.34 Å². The Morgan fingerprint density at radius 3 is 2.96 bits per heavy atom. The molecule has 28 heavy (non-hydrogen) atoms. The molecule has 0 unspecified atom stereocenters. The fourth-order valence-electron chi connectivity index (χ4n) is 3.01. The Balaban J connectivity index is 1.40. The third kappa shape index (κ3) is 4.11. The van der Waals surface area contributed by atoms with Gasteiger partial charge in [0.05, 0.1) is 0 Å². The summed E-state index contributed by atoms with van der Waals surface area (Å²) < 4.78 is 0.825. The molecule has 4 rings (SSSR count). The number of anilines is 2. The molecule has 144 valence electrons. The molecule has 0 bridgehead atoms. The van der Waals surface area contributed by atoms with Crippen molar-refractivity contribution < 1.29 is 9.59 Å². The number of carbonyl (C=O) groups excluding carboxylic acids is 2. The van der Waals surface area contributed by atoms with Gasteiger partial charge in [-0.2, -0.15) is 0 Å². The van der Waals surface area contributed by atoms with Gasteiger partial charge in [-0.1, -0.05) is 36.1 Å². The van der Waals surface area contributed by atoms with Crippen LogP contribution in [0.15, 0.2) is 40.1 Å². The average molecular weight is 431 g/mol. The Labute approximate surface area is 175 Å². The topological polar surface area (TPSA) is 75.2 Å².